The number of rotatable bonds is 6. The zero-order chi connectivity index (χ0) is 14.3. The molecule has 2 saturated heterocycles. The summed E-state index contributed by atoms with van der Waals surface area (Å²) < 4.78 is 5.30. The molecule has 2 aliphatic heterocycles. The average molecular weight is 356 g/mol. The van der Waals surface area contributed by atoms with Gasteiger partial charge in [0, 0.05) is 20.2 Å². The molecule has 2 fully saturated rings. The summed E-state index contributed by atoms with van der Waals surface area (Å²) in [6.45, 7) is 6.45. The van der Waals surface area contributed by atoms with Crippen LogP contribution in [0.3, 0.4) is 0 Å². The second-order valence-corrected chi connectivity index (χ2v) is 6.12. The number of piperidine rings is 2. The summed E-state index contributed by atoms with van der Waals surface area (Å²) in [6.07, 6.45) is 5.69. The van der Waals surface area contributed by atoms with Crippen LogP contribution >= 0.6 is 24.8 Å². The van der Waals surface area contributed by atoms with Crippen molar-refractivity contribution in [2.45, 2.75) is 32.1 Å². The van der Waals surface area contributed by atoms with Crippen molar-refractivity contribution in [3.63, 3.8) is 0 Å². The van der Waals surface area contributed by atoms with Gasteiger partial charge in [-0.3, -0.25) is 4.79 Å². The average Bonchev–Trinajstić information content (AvgIpc) is 2.49. The molecule has 0 aromatic rings. The van der Waals surface area contributed by atoms with Crippen LogP contribution in [0.4, 0.5) is 0 Å². The first-order valence-corrected chi connectivity index (χ1v) is 7.97. The van der Waals surface area contributed by atoms with Gasteiger partial charge < -0.3 is 20.3 Å². The largest absolute Gasteiger partial charge is 0.384 e. The molecule has 0 unspecified atom stereocenters. The van der Waals surface area contributed by atoms with Crippen LogP contribution < -0.4 is 10.6 Å². The number of nitrogens with zero attached hydrogens (tertiary/aromatic N) is 1. The fourth-order valence-corrected chi connectivity index (χ4v) is 3.32. The lowest BCUT2D eigenvalue weighted by molar-refractivity contribution is -0.136. The Labute approximate surface area is 146 Å². The molecule has 5 nitrogen and oxygen atoms in total. The number of nitrogens with one attached hydrogen (secondary N) is 2. The lowest BCUT2D eigenvalue weighted by Gasteiger charge is -2.36. The molecule has 0 aliphatic carbocycles. The number of likely N-dealkylation sites (tertiary alicyclic amines) is 1. The predicted molar refractivity (Wildman–Crippen MR) is 94.2 cm³/mol. The van der Waals surface area contributed by atoms with E-state index in [1.165, 1.54) is 32.4 Å². The lowest BCUT2D eigenvalue weighted by Crippen LogP contribution is -2.51. The minimum Gasteiger partial charge on any atom is -0.384 e. The van der Waals surface area contributed by atoms with Gasteiger partial charge in [0.25, 0.3) is 0 Å². The molecule has 0 aromatic heterocycles. The van der Waals surface area contributed by atoms with Gasteiger partial charge >= 0.3 is 0 Å². The fraction of sp³-hybridized carbons (Fsp3) is 0.933. The van der Waals surface area contributed by atoms with Gasteiger partial charge in [0.1, 0.15) is 0 Å². The predicted octanol–water partition coefficient (Wildman–Crippen LogP) is 1.45. The van der Waals surface area contributed by atoms with E-state index >= 15 is 0 Å². The summed E-state index contributed by atoms with van der Waals surface area (Å²) in [5.41, 5.74) is -0.318. The molecule has 0 radical (unpaired) electrons. The van der Waals surface area contributed by atoms with Crippen molar-refractivity contribution >= 4 is 30.7 Å². The molecule has 7 heteroatoms. The van der Waals surface area contributed by atoms with Crippen LogP contribution in [0.2, 0.25) is 0 Å². The van der Waals surface area contributed by atoms with E-state index in [2.05, 4.69) is 15.5 Å². The second kappa shape index (κ2) is 11.5. The molecule has 0 aromatic carbocycles. The highest BCUT2D eigenvalue weighted by atomic mass is 35.5. The zero-order valence-corrected chi connectivity index (χ0v) is 15.2. The molecule has 1 amide bonds. The highest BCUT2D eigenvalue weighted by Gasteiger charge is 2.39. The number of carbonyl (C=O) groups excluding carboxylic acids is 1. The number of halogens is 2. The van der Waals surface area contributed by atoms with Crippen LogP contribution in [0.25, 0.3) is 0 Å². The van der Waals surface area contributed by atoms with Crippen LogP contribution in [0.1, 0.15) is 32.1 Å². The van der Waals surface area contributed by atoms with Crippen LogP contribution in [0.15, 0.2) is 0 Å². The molecule has 0 atom stereocenters. The molecular formula is C15H31Cl2N3O2. The maximum absolute atomic E-state index is 12.5. The van der Waals surface area contributed by atoms with Crippen LogP contribution in [-0.2, 0) is 9.53 Å². The lowest BCUT2D eigenvalue weighted by atomic mass is 9.78. The number of ether oxygens (including phenoxy) is 1. The molecule has 0 saturated carbocycles. The summed E-state index contributed by atoms with van der Waals surface area (Å²) >= 11 is 0. The monoisotopic (exact) mass is 355 g/mol. The summed E-state index contributed by atoms with van der Waals surface area (Å²) in [5, 5.41) is 6.45. The summed E-state index contributed by atoms with van der Waals surface area (Å²) in [6, 6.07) is 0. The second-order valence-electron chi connectivity index (χ2n) is 6.12. The van der Waals surface area contributed by atoms with Gasteiger partial charge in [0.2, 0.25) is 5.91 Å². The van der Waals surface area contributed by atoms with Crippen molar-refractivity contribution in [2.75, 3.05) is 53.0 Å². The van der Waals surface area contributed by atoms with E-state index in [9.17, 15) is 4.79 Å². The number of hydrogen-bond donors (Lipinski definition) is 2. The molecule has 2 N–H and O–H groups in total. The summed E-state index contributed by atoms with van der Waals surface area (Å²) in [4.78, 5) is 15.0. The molecule has 2 rings (SSSR count). The van der Waals surface area contributed by atoms with Crippen molar-refractivity contribution in [1.29, 1.82) is 0 Å². The van der Waals surface area contributed by atoms with Gasteiger partial charge in [0.05, 0.1) is 12.0 Å². The van der Waals surface area contributed by atoms with E-state index < -0.39 is 0 Å². The number of amides is 1. The molecule has 0 bridgehead atoms. The quantitative estimate of drug-likeness (QED) is 0.757. The van der Waals surface area contributed by atoms with E-state index in [4.69, 9.17) is 4.74 Å². The van der Waals surface area contributed by atoms with Gasteiger partial charge in [-0.15, -0.1) is 24.8 Å². The Morgan fingerprint density at radius 2 is 1.82 bits per heavy atom. The third-order valence-electron chi connectivity index (χ3n) is 4.63. The van der Waals surface area contributed by atoms with Crippen LogP contribution in [0, 0.1) is 5.41 Å². The SMILES string of the molecule is COCC1(C(=O)NCCN2CCCCC2)CCNCC1.Cl.Cl. The highest BCUT2D eigenvalue weighted by molar-refractivity contribution is 5.85. The third-order valence-corrected chi connectivity index (χ3v) is 4.63. The number of hydrogen-bond acceptors (Lipinski definition) is 4. The van der Waals surface area contributed by atoms with E-state index in [0.29, 0.717) is 6.61 Å². The van der Waals surface area contributed by atoms with E-state index in [1.807, 2.05) is 0 Å². The Hall–Kier alpha value is -0.0700. The van der Waals surface area contributed by atoms with Crippen molar-refractivity contribution in [2.24, 2.45) is 5.41 Å². The Kier molecular flexibility index (Phi) is 11.4. The molecule has 2 heterocycles. The van der Waals surface area contributed by atoms with Crippen LogP contribution in [-0.4, -0.2) is 63.8 Å². The minimum absolute atomic E-state index is 0. The summed E-state index contributed by atoms with van der Waals surface area (Å²) in [5.74, 6) is 0.179. The minimum atomic E-state index is -0.318. The Morgan fingerprint density at radius 1 is 1.18 bits per heavy atom. The van der Waals surface area contributed by atoms with Gasteiger partial charge in [-0.05, 0) is 51.9 Å². The maximum atomic E-state index is 12.5. The number of carbonyl (C=O) groups is 1. The van der Waals surface area contributed by atoms with Gasteiger partial charge in [-0.2, -0.15) is 0 Å². The number of methoxy groups -OCH3 is 1. The van der Waals surface area contributed by atoms with E-state index in [0.717, 1.165) is 39.0 Å². The first-order valence-electron chi connectivity index (χ1n) is 7.97. The maximum Gasteiger partial charge on any atom is 0.228 e. The Bertz CT molecular complexity index is 302. The fourth-order valence-electron chi connectivity index (χ4n) is 3.32. The standard InChI is InChI=1S/C15H29N3O2.2ClH/c1-20-13-15(5-7-16-8-6-15)14(19)17-9-12-18-10-3-2-4-11-18;;/h16H,2-13H2,1H3,(H,17,19);2*1H. The van der Waals surface area contributed by atoms with Gasteiger partial charge in [-0.25, -0.2) is 0 Å². The smallest absolute Gasteiger partial charge is 0.228 e. The van der Waals surface area contributed by atoms with Crippen molar-refractivity contribution < 1.29 is 9.53 Å². The third kappa shape index (κ3) is 6.20. The van der Waals surface area contributed by atoms with Crippen molar-refractivity contribution in [3.05, 3.63) is 0 Å². The van der Waals surface area contributed by atoms with Crippen molar-refractivity contribution in [3.8, 4) is 0 Å². The molecule has 22 heavy (non-hydrogen) atoms. The van der Waals surface area contributed by atoms with E-state index in [1.54, 1.807) is 7.11 Å². The summed E-state index contributed by atoms with van der Waals surface area (Å²) in [7, 11) is 1.69. The first-order chi connectivity index (χ1) is 9.77. The molecule has 132 valence electrons. The van der Waals surface area contributed by atoms with Crippen molar-refractivity contribution in [1.82, 2.24) is 15.5 Å². The van der Waals surface area contributed by atoms with Gasteiger partial charge in [-0.1, -0.05) is 6.42 Å². The van der Waals surface area contributed by atoms with Crippen LogP contribution in [0.5, 0.6) is 0 Å². The zero-order valence-electron chi connectivity index (χ0n) is 13.6. The normalized spacial score (nSPS) is 21.3. The molecular weight excluding hydrogens is 325 g/mol. The Balaban J connectivity index is 0.00000220. The van der Waals surface area contributed by atoms with Gasteiger partial charge in [0.15, 0.2) is 0 Å². The molecule has 2 aliphatic rings. The first kappa shape index (κ1) is 21.9. The molecule has 0 spiro atoms. The highest BCUT2D eigenvalue weighted by Crippen LogP contribution is 2.29. The van der Waals surface area contributed by atoms with E-state index in [-0.39, 0.29) is 36.1 Å². The topological polar surface area (TPSA) is 53.6 Å². The Morgan fingerprint density at radius 3 is 2.41 bits per heavy atom.